The maximum atomic E-state index is 3.52. The van der Waals surface area contributed by atoms with Crippen LogP contribution in [0, 0.1) is 6.92 Å². The molecule has 0 aromatic heterocycles. The van der Waals surface area contributed by atoms with E-state index in [1.807, 2.05) is 0 Å². The summed E-state index contributed by atoms with van der Waals surface area (Å²) in [5, 5.41) is 0. The average Bonchev–Trinajstić information content (AvgIpc) is 2.04. The Labute approximate surface area is 81.4 Å². The van der Waals surface area contributed by atoms with Crippen LogP contribution in [-0.4, -0.2) is 0 Å². The van der Waals surface area contributed by atoms with Gasteiger partial charge in [-0.3, -0.25) is 0 Å². The van der Waals surface area contributed by atoms with Crippen molar-refractivity contribution < 1.29 is 0 Å². The molecule has 0 fully saturated rings. The summed E-state index contributed by atoms with van der Waals surface area (Å²) in [5.74, 6) is 0. The molecule has 1 heteroatoms. The van der Waals surface area contributed by atoms with Crippen molar-refractivity contribution in [1.29, 1.82) is 0 Å². The lowest BCUT2D eigenvalue weighted by atomic mass is 9.94. The van der Waals surface area contributed by atoms with E-state index in [9.17, 15) is 0 Å². The van der Waals surface area contributed by atoms with Gasteiger partial charge in [-0.25, -0.2) is 0 Å². The van der Waals surface area contributed by atoms with Crippen molar-refractivity contribution >= 4 is 22.0 Å². The molecule has 0 saturated carbocycles. The number of rotatable bonds is 0. The van der Waals surface area contributed by atoms with Crippen molar-refractivity contribution in [1.82, 2.24) is 0 Å². The molecule has 0 unspecified atom stereocenters. The molecule has 0 amide bonds. The Bertz CT molecular complexity index is 337. The summed E-state index contributed by atoms with van der Waals surface area (Å²) >= 11 is 3.52. The first kappa shape index (κ1) is 8.06. The number of aryl methyl sites for hydroxylation is 2. The monoisotopic (exact) mass is 222 g/mol. The summed E-state index contributed by atoms with van der Waals surface area (Å²) in [4.78, 5) is 0. The number of benzene rings is 1. The molecule has 1 aliphatic carbocycles. The quantitative estimate of drug-likeness (QED) is 0.628. The zero-order valence-electron chi connectivity index (χ0n) is 7.10. The van der Waals surface area contributed by atoms with E-state index in [1.54, 1.807) is 0 Å². The van der Waals surface area contributed by atoms with E-state index in [-0.39, 0.29) is 0 Å². The fraction of sp³-hybridized carbons (Fsp3) is 0.273. The van der Waals surface area contributed by atoms with Gasteiger partial charge in [-0.15, -0.1) is 0 Å². The van der Waals surface area contributed by atoms with E-state index in [1.165, 1.54) is 34.0 Å². The highest BCUT2D eigenvalue weighted by Crippen LogP contribution is 2.26. The summed E-state index contributed by atoms with van der Waals surface area (Å²) in [5.41, 5.74) is 4.27. The average molecular weight is 223 g/mol. The van der Waals surface area contributed by atoms with Crippen LogP contribution in [0.5, 0.6) is 0 Å². The minimum Gasteiger partial charge on any atom is -0.0836 e. The molecule has 0 nitrogen and oxygen atoms in total. The fourth-order valence-electron chi connectivity index (χ4n) is 1.71. The van der Waals surface area contributed by atoms with Crippen LogP contribution in [0.2, 0.25) is 0 Å². The zero-order valence-corrected chi connectivity index (χ0v) is 8.69. The predicted molar refractivity (Wildman–Crippen MR) is 56.2 cm³/mol. The van der Waals surface area contributed by atoms with Gasteiger partial charge in [-0.05, 0) is 48.6 Å². The molecule has 0 radical (unpaired) electrons. The van der Waals surface area contributed by atoms with E-state index in [2.05, 4.69) is 47.1 Å². The van der Waals surface area contributed by atoms with Crippen LogP contribution in [-0.2, 0) is 6.42 Å². The van der Waals surface area contributed by atoms with Gasteiger partial charge < -0.3 is 0 Å². The minimum absolute atomic E-state index is 1.18. The molecular formula is C11H11Br. The first-order valence-electron chi connectivity index (χ1n) is 4.23. The van der Waals surface area contributed by atoms with Gasteiger partial charge in [0.25, 0.3) is 0 Å². The Morgan fingerprint density at radius 2 is 2.17 bits per heavy atom. The topological polar surface area (TPSA) is 0 Å². The molecule has 12 heavy (non-hydrogen) atoms. The zero-order chi connectivity index (χ0) is 8.55. The first-order valence-corrected chi connectivity index (χ1v) is 5.02. The van der Waals surface area contributed by atoms with E-state index < -0.39 is 0 Å². The lowest BCUT2D eigenvalue weighted by Gasteiger charge is -2.13. The minimum atomic E-state index is 1.18. The molecule has 2 rings (SSSR count). The van der Waals surface area contributed by atoms with Crippen molar-refractivity contribution in [2.24, 2.45) is 0 Å². The number of halogens is 1. The number of fused-ring (bicyclic) bond motifs is 1. The van der Waals surface area contributed by atoms with Crippen LogP contribution in [0.4, 0.5) is 0 Å². The van der Waals surface area contributed by atoms with Crippen LogP contribution >= 0.6 is 15.9 Å². The van der Waals surface area contributed by atoms with Crippen molar-refractivity contribution in [3.05, 3.63) is 39.4 Å². The Kier molecular flexibility index (Phi) is 2.05. The summed E-state index contributed by atoms with van der Waals surface area (Å²) < 4.78 is 1.20. The highest BCUT2D eigenvalue weighted by molar-refractivity contribution is 9.10. The van der Waals surface area contributed by atoms with E-state index >= 15 is 0 Å². The van der Waals surface area contributed by atoms with Crippen LogP contribution in [0.3, 0.4) is 0 Å². The second-order valence-electron chi connectivity index (χ2n) is 3.24. The van der Waals surface area contributed by atoms with Gasteiger partial charge >= 0.3 is 0 Å². The first-order chi connectivity index (χ1) is 5.77. The summed E-state index contributed by atoms with van der Waals surface area (Å²) in [6.45, 7) is 2.17. The highest BCUT2D eigenvalue weighted by atomic mass is 79.9. The lowest BCUT2D eigenvalue weighted by molar-refractivity contribution is 0.979. The van der Waals surface area contributed by atoms with E-state index in [4.69, 9.17) is 0 Å². The van der Waals surface area contributed by atoms with Gasteiger partial charge in [-0.1, -0.05) is 28.1 Å². The lowest BCUT2D eigenvalue weighted by Crippen LogP contribution is -1.96. The SMILES string of the molecule is Cc1cc(Br)cc2c1C=CCC2. The molecule has 0 heterocycles. The predicted octanol–water partition coefficient (Wildman–Crippen LogP) is 3.72. The molecule has 0 bridgehead atoms. The largest absolute Gasteiger partial charge is 0.0836 e. The Morgan fingerprint density at radius 3 is 3.00 bits per heavy atom. The van der Waals surface area contributed by atoms with Gasteiger partial charge in [0, 0.05) is 4.47 Å². The van der Waals surface area contributed by atoms with Gasteiger partial charge in [0.05, 0.1) is 0 Å². The summed E-state index contributed by atoms with van der Waals surface area (Å²) in [6.07, 6.45) is 6.86. The third kappa shape index (κ3) is 1.34. The standard InChI is InChI=1S/C11H11Br/c1-8-6-10(12)7-9-4-2-3-5-11(8)9/h3,5-7H,2,4H2,1H3. The van der Waals surface area contributed by atoms with Crippen molar-refractivity contribution in [3.63, 3.8) is 0 Å². The molecule has 0 N–H and O–H groups in total. The maximum absolute atomic E-state index is 3.52. The Balaban J connectivity index is 2.62. The van der Waals surface area contributed by atoms with Crippen molar-refractivity contribution in [2.45, 2.75) is 19.8 Å². The molecule has 1 aromatic rings. The Hall–Kier alpha value is -0.560. The molecule has 0 spiro atoms. The van der Waals surface area contributed by atoms with Gasteiger partial charge in [0.2, 0.25) is 0 Å². The molecule has 0 atom stereocenters. The smallest absolute Gasteiger partial charge is 0.0181 e. The summed E-state index contributed by atoms with van der Waals surface area (Å²) in [6, 6.07) is 4.40. The van der Waals surface area contributed by atoms with Gasteiger partial charge in [-0.2, -0.15) is 0 Å². The van der Waals surface area contributed by atoms with Crippen LogP contribution in [0.25, 0.3) is 6.08 Å². The molecule has 1 aliphatic rings. The third-order valence-corrected chi connectivity index (χ3v) is 2.76. The van der Waals surface area contributed by atoms with Crippen LogP contribution < -0.4 is 0 Å². The molecular weight excluding hydrogens is 212 g/mol. The third-order valence-electron chi connectivity index (χ3n) is 2.30. The number of hydrogen-bond donors (Lipinski definition) is 0. The molecule has 0 saturated heterocycles. The highest BCUT2D eigenvalue weighted by Gasteiger charge is 2.07. The van der Waals surface area contributed by atoms with E-state index in [0.717, 1.165) is 0 Å². The second-order valence-corrected chi connectivity index (χ2v) is 4.15. The molecule has 1 aromatic carbocycles. The maximum Gasteiger partial charge on any atom is 0.0181 e. The fourth-order valence-corrected chi connectivity index (χ4v) is 2.33. The van der Waals surface area contributed by atoms with Gasteiger partial charge in [0.15, 0.2) is 0 Å². The second kappa shape index (κ2) is 3.06. The van der Waals surface area contributed by atoms with Crippen molar-refractivity contribution in [2.75, 3.05) is 0 Å². The van der Waals surface area contributed by atoms with Crippen LogP contribution in [0.1, 0.15) is 23.1 Å². The van der Waals surface area contributed by atoms with Crippen molar-refractivity contribution in [3.8, 4) is 0 Å². The van der Waals surface area contributed by atoms with Gasteiger partial charge in [0.1, 0.15) is 0 Å². The number of allylic oxidation sites excluding steroid dienone is 1. The van der Waals surface area contributed by atoms with Crippen LogP contribution in [0.15, 0.2) is 22.7 Å². The number of hydrogen-bond acceptors (Lipinski definition) is 0. The summed E-state index contributed by atoms with van der Waals surface area (Å²) in [7, 11) is 0. The normalized spacial score (nSPS) is 14.5. The molecule has 0 aliphatic heterocycles. The Morgan fingerprint density at radius 1 is 1.33 bits per heavy atom. The van der Waals surface area contributed by atoms with E-state index in [0.29, 0.717) is 0 Å². The molecule has 62 valence electrons.